The Morgan fingerprint density at radius 3 is 2.56 bits per heavy atom. The molecular formula is C5H7NO2Se. The van der Waals surface area contributed by atoms with Gasteiger partial charge in [-0.25, -0.2) is 0 Å². The Hall–Kier alpha value is -0.341. The molecule has 0 aliphatic carbocycles. The van der Waals surface area contributed by atoms with Gasteiger partial charge in [0, 0.05) is 0 Å². The second-order valence-corrected chi connectivity index (χ2v) is 3.64. The number of nitrogens with zero attached hydrogens (tertiary/aromatic N) is 1. The Morgan fingerprint density at radius 2 is 2.33 bits per heavy atom. The minimum atomic E-state index is -0.0902. The zero-order valence-corrected chi connectivity index (χ0v) is 6.80. The Bertz CT molecular complexity index is 141. The Morgan fingerprint density at radius 1 is 1.67 bits per heavy atom. The molecule has 4 heteroatoms. The maximum atomic E-state index is 10.7. The van der Waals surface area contributed by atoms with E-state index >= 15 is 0 Å². The van der Waals surface area contributed by atoms with E-state index in [1.807, 2.05) is 6.92 Å². The topological polar surface area (TPSA) is 37.4 Å². The number of hydrogen-bond donors (Lipinski definition) is 0. The van der Waals surface area contributed by atoms with E-state index in [0.717, 1.165) is 0 Å². The number of carbonyl (C=O) groups excluding carboxylic acids is 2. The third-order valence-electron chi connectivity index (χ3n) is 1.16. The summed E-state index contributed by atoms with van der Waals surface area (Å²) in [5, 5.41) is 0.472. The van der Waals surface area contributed by atoms with Crippen molar-refractivity contribution in [3.8, 4) is 0 Å². The van der Waals surface area contributed by atoms with Gasteiger partial charge < -0.3 is 0 Å². The van der Waals surface area contributed by atoms with Crippen LogP contribution < -0.4 is 0 Å². The number of imide groups is 1. The molecule has 1 aliphatic rings. The van der Waals surface area contributed by atoms with Crippen LogP contribution in [-0.2, 0) is 4.79 Å². The molecule has 50 valence electrons. The van der Waals surface area contributed by atoms with Crippen LogP contribution in [0.4, 0.5) is 4.79 Å². The summed E-state index contributed by atoms with van der Waals surface area (Å²) in [5.74, 6) is 0.00231. The summed E-state index contributed by atoms with van der Waals surface area (Å²) in [6.07, 6.45) is 0. The van der Waals surface area contributed by atoms with Crippen molar-refractivity contribution in [2.24, 2.45) is 0 Å². The first-order valence-electron chi connectivity index (χ1n) is 2.73. The number of carbonyl (C=O) groups is 2. The molecule has 2 amide bonds. The van der Waals surface area contributed by atoms with Crippen LogP contribution in [0.25, 0.3) is 0 Å². The van der Waals surface area contributed by atoms with Crippen LogP contribution in [0, 0.1) is 0 Å². The van der Waals surface area contributed by atoms with Crippen LogP contribution in [0.5, 0.6) is 0 Å². The van der Waals surface area contributed by atoms with Gasteiger partial charge in [0.25, 0.3) is 0 Å². The second kappa shape index (κ2) is 2.50. The van der Waals surface area contributed by atoms with E-state index in [1.54, 1.807) is 0 Å². The molecule has 0 N–H and O–H groups in total. The summed E-state index contributed by atoms with van der Waals surface area (Å²) in [5.41, 5.74) is 0. The minimum absolute atomic E-state index is 0.00231. The Kier molecular flexibility index (Phi) is 1.88. The van der Waals surface area contributed by atoms with Crippen molar-refractivity contribution in [3.63, 3.8) is 0 Å². The van der Waals surface area contributed by atoms with Crippen molar-refractivity contribution in [1.29, 1.82) is 0 Å². The summed E-state index contributed by atoms with van der Waals surface area (Å²) in [6.45, 7) is 2.36. The van der Waals surface area contributed by atoms with Crippen LogP contribution >= 0.6 is 0 Å². The zero-order chi connectivity index (χ0) is 6.85. The van der Waals surface area contributed by atoms with Crippen molar-refractivity contribution in [2.75, 3.05) is 6.54 Å². The van der Waals surface area contributed by atoms with Crippen molar-refractivity contribution in [3.05, 3.63) is 0 Å². The molecule has 0 aromatic carbocycles. The van der Waals surface area contributed by atoms with Crippen molar-refractivity contribution in [2.45, 2.75) is 12.2 Å². The molecule has 0 unspecified atom stereocenters. The first-order chi connectivity index (χ1) is 4.25. The molecule has 0 aromatic rings. The van der Waals surface area contributed by atoms with Crippen LogP contribution in [0.15, 0.2) is 0 Å². The molecule has 1 saturated heterocycles. The Labute approximate surface area is 59.6 Å². The summed E-state index contributed by atoms with van der Waals surface area (Å²) in [4.78, 5) is 22.8. The van der Waals surface area contributed by atoms with E-state index in [4.69, 9.17) is 0 Å². The van der Waals surface area contributed by atoms with Crippen LogP contribution in [0.3, 0.4) is 0 Å². The summed E-state index contributed by atoms with van der Waals surface area (Å²) < 4.78 is 0. The van der Waals surface area contributed by atoms with Gasteiger partial charge in [-0.2, -0.15) is 0 Å². The normalized spacial score (nSPS) is 19.4. The van der Waals surface area contributed by atoms with Gasteiger partial charge in [-0.1, -0.05) is 0 Å². The molecule has 9 heavy (non-hydrogen) atoms. The first-order valence-corrected chi connectivity index (χ1v) is 4.79. The van der Waals surface area contributed by atoms with E-state index in [0.29, 0.717) is 11.9 Å². The molecule has 0 spiro atoms. The SMILES string of the molecule is CCN1C(=O)C[Se]C1=O. The van der Waals surface area contributed by atoms with Crippen molar-refractivity contribution < 1.29 is 9.59 Å². The van der Waals surface area contributed by atoms with E-state index in [9.17, 15) is 9.59 Å². The van der Waals surface area contributed by atoms with E-state index in [1.165, 1.54) is 4.90 Å². The second-order valence-electron chi connectivity index (χ2n) is 1.69. The van der Waals surface area contributed by atoms with E-state index in [2.05, 4.69) is 0 Å². The van der Waals surface area contributed by atoms with Gasteiger partial charge in [-0.15, -0.1) is 0 Å². The molecule has 1 rings (SSSR count). The van der Waals surface area contributed by atoms with E-state index < -0.39 is 0 Å². The number of hydrogen-bond acceptors (Lipinski definition) is 2. The van der Waals surface area contributed by atoms with Crippen LogP contribution in [-0.4, -0.2) is 37.1 Å². The average Bonchev–Trinajstić information content (AvgIpc) is 2.12. The van der Waals surface area contributed by atoms with Gasteiger partial charge in [0.1, 0.15) is 0 Å². The van der Waals surface area contributed by atoms with Gasteiger partial charge in [-0.3, -0.25) is 0 Å². The molecule has 0 radical (unpaired) electrons. The van der Waals surface area contributed by atoms with E-state index in [-0.39, 0.29) is 25.7 Å². The monoisotopic (exact) mass is 193 g/mol. The van der Waals surface area contributed by atoms with Gasteiger partial charge in [0.15, 0.2) is 0 Å². The molecule has 1 aliphatic heterocycles. The Balaban J connectivity index is 2.66. The third-order valence-corrected chi connectivity index (χ3v) is 2.96. The first kappa shape index (κ1) is 6.77. The summed E-state index contributed by atoms with van der Waals surface area (Å²) in [7, 11) is 0. The molecule has 1 heterocycles. The fraction of sp³-hybridized carbons (Fsp3) is 0.600. The zero-order valence-electron chi connectivity index (χ0n) is 5.09. The van der Waals surface area contributed by atoms with Gasteiger partial charge in [0.05, 0.1) is 0 Å². The third kappa shape index (κ3) is 1.14. The molecule has 3 nitrogen and oxygen atoms in total. The average molecular weight is 192 g/mol. The van der Waals surface area contributed by atoms with Gasteiger partial charge in [-0.05, 0) is 0 Å². The number of amides is 2. The number of rotatable bonds is 1. The predicted molar refractivity (Wildman–Crippen MR) is 33.3 cm³/mol. The molecule has 0 aromatic heterocycles. The quantitative estimate of drug-likeness (QED) is 0.552. The van der Waals surface area contributed by atoms with Gasteiger partial charge >= 0.3 is 58.9 Å². The summed E-state index contributed by atoms with van der Waals surface area (Å²) in [6, 6.07) is 0. The molecular weight excluding hydrogens is 185 g/mol. The van der Waals surface area contributed by atoms with Crippen molar-refractivity contribution in [1.82, 2.24) is 4.90 Å². The van der Waals surface area contributed by atoms with Gasteiger partial charge in [0.2, 0.25) is 0 Å². The van der Waals surface area contributed by atoms with Crippen LogP contribution in [0.2, 0.25) is 5.32 Å². The predicted octanol–water partition coefficient (Wildman–Crippen LogP) is 0.0910. The standard InChI is InChI=1S/C5H7NO2Se/c1-2-6-4(7)3-9-5(6)8/h2-3H2,1H3. The molecule has 1 fully saturated rings. The fourth-order valence-corrected chi connectivity index (χ4v) is 2.34. The summed E-state index contributed by atoms with van der Waals surface area (Å²) >= 11 is -0.0902. The fourth-order valence-electron chi connectivity index (χ4n) is 0.687. The molecule has 0 bridgehead atoms. The van der Waals surface area contributed by atoms with Crippen LogP contribution in [0.1, 0.15) is 6.92 Å². The molecule has 0 atom stereocenters. The van der Waals surface area contributed by atoms with Crippen molar-refractivity contribution >= 4 is 25.7 Å². The maximum absolute atomic E-state index is 10.7. The molecule has 0 saturated carbocycles.